The Bertz CT molecular complexity index is 509. The van der Waals surface area contributed by atoms with E-state index in [-0.39, 0.29) is 5.91 Å². The van der Waals surface area contributed by atoms with Crippen molar-refractivity contribution in [3.63, 3.8) is 0 Å². The highest BCUT2D eigenvalue weighted by Crippen LogP contribution is 2.04. The number of hydrogen-bond donors (Lipinski definition) is 1. The number of aryl methyl sites for hydroxylation is 1. The molecule has 2 aromatic rings. The molecular formula is C14H14N2O. The minimum absolute atomic E-state index is 0.0578. The van der Waals surface area contributed by atoms with Gasteiger partial charge in [-0.1, -0.05) is 23.8 Å². The first-order chi connectivity index (χ1) is 8.25. The van der Waals surface area contributed by atoms with Crippen molar-refractivity contribution in [2.24, 2.45) is 0 Å². The number of carbonyl (C=O) groups is 1. The third-order valence-electron chi connectivity index (χ3n) is 2.46. The molecule has 1 N–H and O–H groups in total. The van der Waals surface area contributed by atoms with Crippen LogP contribution in [0.2, 0.25) is 0 Å². The van der Waals surface area contributed by atoms with Crippen LogP contribution in [0.1, 0.15) is 21.5 Å². The highest BCUT2D eigenvalue weighted by molar-refractivity contribution is 5.94. The van der Waals surface area contributed by atoms with E-state index < -0.39 is 0 Å². The summed E-state index contributed by atoms with van der Waals surface area (Å²) >= 11 is 0. The zero-order valence-corrected chi connectivity index (χ0v) is 9.68. The molecule has 0 saturated heterocycles. The summed E-state index contributed by atoms with van der Waals surface area (Å²) in [6.07, 6.45) is 3.46. The third-order valence-corrected chi connectivity index (χ3v) is 2.46. The molecule has 0 spiro atoms. The molecule has 0 saturated carbocycles. The Labute approximate surface area is 101 Å². The quantitative estimate of drug-likeness (QED) is 0.872. The Morgan fingerprint density at radius 1 is 1.29 bits per heavy atom. The second-order valence-electron chi connectivity index (χ2n) is 3.91. The van der Waals surface area contributed by atoms with Crippen LogP contribution in [0.4, 0.5) is 0 Å². The number of carbonyl (C=O) groups excluding carboxylic acids is 1. The molecule has 1 aromatic heterocycles. The van der Waals surface area contributed by atoms with E-state index >= 15 is 0 Å². The van der Waals surface area contributed by atoms with Crippen molar-refractivity contribution >= 4 is 5.91 Å². The van der Waals surface area contributed by atoms with Gasteiger partial charge in [-0.3, -0.25) is 9.78 Å². The van der Waals surface area contributed by atoms with Gasteiger partial charge < -0.3 is 5.32 Å². The van der Waals surface area contributed by atoms with E-state index in [1.54, 1.807) is 12.4 Å². The van der Waals surface area contributed by atoms with E-state index in [1.165, 1.54) is 0 Å². The predicted molar refractivity (Wildman–Crippen MR) is 66.6 cm³/mol. The number of nitrogens with zero attached hydrogens (tertiary/aromatic N) is 1. The molecule has 17 heavy (non-hydrogen) atoms. The van der Waals surface area contributed by atoms with E-state index in [4.69, 9.17) is 0 Å². The lowest BCUT2D eigenvalue weighted by atomic mass is 10.1. The van der Waals surface area contributed by atoms with Crippen LogP contribution in [0.15, 0.2) is 48.8 Å². The first kappa shape index (κ1) is 11.3. The van der Waals surface area contributed by atoms with Gasteiger partial charge in [0.25, 0.3) is 5.91 Å². The van der Waals surface area contributed by atoms with Crippen LogP contribution in [-0.4, -0.2) is 10.9 Å². The molecule has 3 nitrogen and oxygen atoms in total. The molecule has 0 aliphatic rings. The fraction of sp³-hybridized carbons (Fsp3) is 0.143. The molecule has 0 aliphatic heterocycles. The smallest absolute Gasteiger partial charge is 0.251 e. The second-order valence-corrected chi connectivity index (χ2v) is 3.91. The largest absolute Gasteiger partial charge is 0.348 e. The van der Waals surface area contributed by atoms with Crippen molar-refractivity contribution in [2.45, 2.75) is 13.5 Å². The minimum Gasteiger partial charge on any atom is -0.348 e. The van der Waals surface area contributed by atoms with Crippen molar-refractivity contribution in [1.29, 1.82) is 0 Å². The summed E-state index contributed by atoms with van der Waals surface area (Å²) in [4.78, 5) is 15.8. The predicted octanol–water partition coefficient (Wildman–Crippen LogP) is 2.32. The molecule has 0 fully saturated rings. The lowest BCUT2D eigenvalue weighted by molar-refractivity contribution is 0.0951. The number of amides is 1. The van der Waals surface area contributed by atoms with E-state index in [0.29, 0.717) is 12.1 Å². The van der Waals surface area contributed by atoms with Gasteiger partial charge in [0.05, 0.1) is 0 Å². The van der Waals surface area contributed by atoms with Crippen LogP contribution in [-0.2, 0) is 6.54 Å². The summed E-state index contributed by atoms with van der Waals surface area (Å²) in [7, 11) is 0. The third kappa shape index (κ3) is 3.14. The molecule has 0 atom stereocenters. The van der Waals surface area contributed by atoms with E-state index in [9.17, 15) is 4.79 Å². The Hall–Kier alpha value is -2.16. The van der Waals surface area contributed by atoms with Crippen molar-refractivity contribution in [2.75, 3.05) is 0 Å². The number of hydrogen-bond acceptors (Lipinski definition) is 2. The van der Waals surface area contributed by atoms with Crippen molar-refractivity contribution in [3.8, 4) is 0 Å². The maximum atomic E-state index is 11.8. The summed E-state index contributed by atoms with van der Waals surface area (Å²) < 4.78 is 0. The SMILES string of the molecule is Cc1cccc(C(=O)NCc2cccnc2)c1. The zero-order chi connectivity index (χ0) is 12.1. The van der Waals surface area contributed by atoms with Gasteiger partial charge in [-0.2, -0.15) is 0 Å². The Morgan fingerprint density at radius 3 is 2.88 bits per heavy atom. The number of benzene rings is 1. The van der Waals surface area contributed by atoms with E-state index in [0.717, 1.165) is 11.1 Å². The number of nitrogens with one attached hydrogen (secondary N) is 1. The molecular weight excluding hydrogens is 212 g/mol. The molecule has 0 radical (unpaired) electrons. The van der Waals surface area contributed by atoms with Gasteiger partial charge in [-0.25, -0.2) is 0 Å². The van der Waals surface area contributed by atoms with Crippen LogP contribution in [0.5, 0.6) is 0 Å². The van der Waals surface area contributed by atoms with Gasteiger partial charge in [-0.15, -0.1) is 0 Å². The second kappa shape index (κ2) is 5.25. The van der Waals surface area contributed by atoms with E-state index in [2.05, 4.69) is 10.3 Å². The number of rotatable bonds is 3. The summed E-state index contributed by atoms with van der Waals surface area (Å²) in [6.45, 7) is 2.47. The Morgan fingerprint density at radius 2 is 2.18 bits per heavy atom. The van der Waals surface area contributed by atoms with Gasteiger partial charge in [0.15, 0.2) is 0 Å². The highest BCUT2D eigenvalue weighted by Gasteiger charge is 2.04. The fourth-order valence-corrected chi connectivity index (χ4v) is 1.57. The summed E-state index contributed by atoms with van der Waals surface area (Å²) in [5.41, 5.74) is 2.77. The Kier molecular flexibility index (Phi) is 3.50. The summed E-state index contributed by atoms with van der Waals surface area (Å²) in [6, 6.07) is 11.3. The Balaban J connectivity index is 1.98. The molecule has 2 rings (SSSR count). The lowest BCUT2D eigenvalue weighted by Gasteiger charge is -2.05. The van der Waals surface area contributed by atoms with Crippen LogP contribution in [0.25, 0.3) is 0 Å². The van der Waals surface area contributed by atoms with Gasteiger partial charge in [0.2, 0.25) is 0 Å². The first-order valence-electron chi connectivity index (χ1n) is 5.49. The number of pyridine rings is 1. The van der Waals surface area contributed by atoms with Gasteiger partial charge in [0, 0.05) is 24.5 Å². The first-order valence-corrected chi connectivity index (χ1v) is 5.49. The van der Waals surface area contributed by atoms with Crippen molar-refractivity contribution in [3.05, 3.63) is 65.5 Å². The molecule has 3 heteroatoms. The highest BCUT2D eigenvalue weighted by atomic mass is 16.1. The molecule has 1 aromatic carbocycles. The molecule has 1 heterocycles. The van der Waals surface area contributed by atoms with Crippen LogP contribution in [0, 0.1) is 6.92 Å². The molecule has 1 amide bonds. The van der Waals surface area contributed by atoms with Crippen LogP contribution >= 0.6 is 0 Å². The lowest BCUT2D eigenvalue weighted by Crippen LogP contribution is -2.22. The van der Waals surface area contributed by atoms with Crippen LogP contribution in [0.3, 0.4) is 0 Å². The van der Waals surface area contributed by atoms with Gasteiger partial charge in [-0.05, 0) is 30.7 Å². The maximum absolute atomic E-state index is 11.8. The van der Waals surface area contributed by atoms with Crippen LogP contribution < -0.4 is 5.32 Å². The summed E-state index contributed by atoms with van der Waals surface area (Å²) in [5.74, 6) is -0.0578. The molecule has 0 aliphatic carbocycles. The monoisotopic (exact) mass is 226 g/mol. The van der Waals surface area contributed by atoms with Crippen molar-refractivity contribution < 1.29 is 4.79 Å². The average Bonchev–Trinajstić information content (AvgIpc) is 2.37. The molecule has 86 valence electrons. The zero-order valence-electron chi connectivity index (χ0n) is 9.68. The topological polar surface area (TPSA) is 42.0 Å². The molecule has 0 bridgehead atoms. The fourth-order valence-electron chi connectivity index (χ4n) is 1.57. The van der Waals surface area contributed by atoms with Gasteiger partial charge in [0.1, 0.15) is 0 Å². The number of aromatic nitrogens is 1. The summed E-state index contributed by atoms with van der Waals surface area (Å²) in [5, 5.41) is 2.86. The standard InChI is InChI=1S/C14H14N2O/c1-11-4-2-6-13(8-11)14(17)16-10-12-5-3-7-15-9-12/h2-9H,10H2,1H3,(H,16,17). The van der Waals surface area contributed by atoms with Gasteiger partial charge >= 0.3 is 0 Å². The average molecular weight is 226 g/mol. The molecule has 0 unspecified atom stereocenters. The van der Waals surface area contributed by atoms with E-state index in [1.807, 2.05) is 43.3 Å². The maximum Gasteiger partial charge on any atom is 0.251 e. The van der Waals surface area contributed by atoms with Crippen molar-refractivity contribution in [1.82, 2.24) is 10.3 Å². The minimum atomic E-state index is -0.0578. The normalized spacial score (nSPS) is 9.94.